The predicted molar refractivity (Wildman–Crippen MR) is 93.2 cm³/mol. The summed E-state index contributed by atoms with van der Waals surface area (Å²) >= 11 is 0. The van der Waals surface area contributed by atoms with E-state index < -0.39 is 4.92 Å². The highest BCUT2D eigenvalue weighted by Crippen LogP contribution is 2.29. The minimum Gasteiger partial charge on any atom is -0.444 e. The van der Waals surface area contributed by atoms with Crippen LogP contribution in [-0.4, -0.2) is 19.7 Å². The number of hydrogen-bond acceptors (Lipinski definition) is 6. The largest absolute Gasteiger partial charge is 0.444 e. The Morgan fingerprint density at radius 3 is 2.68 bits per heavy atom. The summed E-state index contributed by atoms with van der Waals surface area (Å²) in [5.74, 6) is 0.882. The average Bonchev–Trinajstić information content (AvgIpc) is 3.18. The van der Waals surface area contributed by atoms with Gasteiger partial charge in [0.05, 0.1) is 17.2 Å². The van der Waals surface area contributed by atoms with Crippen molar-refractivity contribution < 1.29 is 9.34 Å². The van der Waals surface area contributed by atoms with Crippen molar-refractivity contribution in [2.75, 3.05) is 5.32 Å². The molecule has 0 saturated carbocycles. The third kappa shape index (κ3) is 3.37. The molecule has 0 saturated heterocycles. The number of nitrogens with one attached hydrogen (secondary N) is 1. The van der Waals surface area contributed by atoms with Crippen molar-refractivity contribution in [3.05, 3.63) is 57.6 Å². The van der Waals surface area contributed by atoms with Gasteiger partial charge in [0.25, 0.3) is 0 Å². The van der Waals surface area contributed by atoms with Crippen LogP contribution in [0.25, 0.3) is 11.5 Å². The molecule has 2 heterocycles. The van der Waals surface area contributed by atoms with E-state index in [0.29, 0.717) is 36.1 Å². The molecule has 8 heteroatoms. The van der Waals surface area contributed by atoms with Gasteiger partial charge in [0.2, 0.25) is 11.7 Å². The van der Waals surface area contributed by atoms with E-state index in [0.717, 1.165) is 11.1 Å². The van der Waals surface area contributed by atoms with E-state index in [4.69, 9.17) is 4.42 Å². The molecule has 1 aromatic carbocycles. The number of aryl methyl sites for hydroxylation is 3. The summed E-state index contributed by atoms with van der Waals surface area (Å²) in [6.45, 7) is 4.16. The second-order valence-electron chi connectivity index (χ2n) is 5.74. The molecule has 2 aromatic heterocycles. The second-order valence-corrected chi connectivity index (χ2v) is 5.74. The van der Waals surface area contributed by atoms with Gasteiger partial charge in [-0.1, -0.05) is 24.6 Å². The van der Waals surface area contributed by atoms with Gasteiger partial charge in [-0.25, -0.2) is 9.67 Å². The smallest absolute Gasteiger partial charge is 0.333 e. The Labute approximate surface area is 144 Å². The van der Waals surface area contributed by atoms with Crippen LogP contribution in [0, 0.1) is 17.0 Å². The van der Waals surface area contributed by atoms with Crippen LogP contribution in [-0.2, 0) is 20.0 Å². The molecule has 130 valence electrons. The van der Waals surface area contributed by atoms with Gasteiger partial charge >= 0.3 is 5.69 Å². The van der Waals surface area contributed by atoms with Crippen LogP contribution in [0.3, 0.4) is 0 Å². The van der Waals surface area contributed by atoms with Gasteiger partial charge in [0, 0.05) is 12.6 Å². The van der Waals surface area contributed by atoms with Crippen molar-refractivity contribution in [3.8, 4) is 11.5 Å². The maximum absolute atomic E-state index is 11.3. The molecule has 0 atom stereocenters. The Hall–Kier alpha value is -3.16. The quantitative estimate of drug-likeness (QED) is 0.544. The molecule has 0 bridgehead atoms. The summed E-state index contributed by atoms with van der Waals surface area (Å²) in [6, 6.07) is 7.86. The molecule has 0 radical (unpaired) electrons. The van der Waals surface area contributed by atoms with E-state index in [1.165, 1.54) is 4.68 Å². The summed E-state index contributed by atoms with van der Waals surface area (Å²) in [6.07, 6.45) is 2.04. The van der Waals surface area contributed by atoms with Crippen molar-refractivity contribution in [1.29, 1.82) is 0 Å². The molecule has 3 aromatic rings. The number of oxazole rings is 1. The number of aromatic nitrogens is 3. The topological polar surface area (TPSA) is 99.0 Å². The number of anilines is 1. The van der Waals surface area contributed by atoms with Crippen molar-refractivity contribution in [2.45, 2.75) is 26.8 Å². The predicted octanol–water partition coefficient (Wildman–Crippen LogP) is 3.47. The molecule has 8 nitrogen and oxygen atoms in total. The van der Waals surface area contributed by atoms with E-state index in [9.17, 15) is 10.1 Å². The van der Waals surface area contributed by atoms with Crippen LogP contribution in [0.2, 0.25) is 0 Å². The third-order valence-electron chi connectivity index (χ3n) is 3.90. The molecule has 0 fully saturated rings. The number of hydrogen-bond donors (Lipinski definition) is 1. The Kier molecular flexibility index (Phi) is 4.51. The van der Waals surface area contributed by atoms with Crippen molar-refractivity contribution in [2.24, 2.45) is 7.05 Å². The van der Waals surface area contributed by atoms with Gasteiger partial charge in [-0.3, -0.25) is 10.1 Å². The molecular weight excluding hydrogens is 322 g/mol. The molecule has 1 N–H and O–H groups in total. The molecule has 0 aliphatic carbocycles. The van der Waals surface area contributed by atoms with Gasteiger partial charge in [0.1, 0.15) is 12.0 Å². The van der Waals surface area contributed by atoms with Crippen LogP contribution in [0.4, 0.5) is 11.5 Å². The highest BCUT2D eigenvalue weighted by Gasteiger charge is 2.25. The molecule has 0 unspecified atom stereocenters. The zero-order valence-electron chi connectivity index (χ0n) is 14.3. The Morgan fingerprint density at radius 2 is 2.04 bits per heavy atom. The van der Waals surface area contributed by atoms with Crippen molar-refractivity contribution >= 4 is 11.5 Å². The first kappa shape index (κ1) is 16.7. The van der Waals surface area contributed by atoms with Crippen molar-refractivity contribution in [3.63, 3.8) is 0 Å². The summed E-state index contributed by atoms with van der Waals surface area (Å²) in [4.78, 5) is 15.3. The molecule has 0 spiro atoms. The van der Waals surface area contributed by atoms with Crippen LogP contribution >= 0.6 is 0 Å². The summed E-state index contributed by atoms with van der Waals surface area (Å²) in [5.41, 5.74) is 3.16. The molecule has 0 aliphatic heterocycles. The van der Waals surface area contributed by atoms with E-state index in [2.05, 4.69) is 15.4 Å². The number of rotatable bonds is 6. The Balaban J connectivity index is 1.78. The zero-order valence-corrected chi connectivity index (χ0v) is 14.3. The van der Waals surface area contributed by atoms with E-state index in [1.54, 1.807) is 13.3 Å². The van der Waals surface area contributed by atoms with E-state index in [1.807, 2.05) is 38.1 Å². The fraction of sp³-hybridized carbons (Fsp3) is 0.294. The van der Waals surface area contributed by atoms with Crippen LogP contribution < -0.4 is 5.32 Å². The molecule has 25 heavy (non-hydrogen) atoms. The van der Waals surface area contributed by atoms with Crippen LogP contribution in [0.15, 0.2) is 34.9 Å². The highest BCUT2D eigenvalue weighted by molar-refractivity contribution is 5.60. The van der Waals surface area contributed by atoms with Gasteiger partial charge in [-0.2, -0.15) is 5.10 Å². The van der Waals surface area contributed by atoms with Crippen molar-refractivity contribution in [1.82, 2.24) is 14.8 Å². The van der Waals surface area contributed by atoms with E-state index in [-0.39, 0.29) is 5.69 Å². The van der Waals surface area contributed by atoms with Gasteiger partial charge < -0.3 is 9.73 Å². The summed E-state index contributed by atoms with van der Waals surface area (Å²) in [5, 5.41) is 18.6. The number of benzene rings is 1. The lowest BCUT2D eigenvalue weighted by atomic mass is 10.1. The first-order chi connectivity index (χ1) is 12.0. The first-order valence-corrected chi connectivity index (χ1v) is 7.95. The zero-order chi connectivity index (χ0) is 18.0. The Bertz CT molecular complexity index is 896. The molecule has 0 aliphatic rings. The molecule has 0 amide bonds. The molecular formula is C17H19N5O3. The minimum atomic E-state index is -0.408. The van der Waals surface area contributed by atoms with Gasteiger partial charge in [0.15, 0.2) is 0 Å². The summed E-state index contributed by atoms with van der Waals surface area (Å²) < 4.78 is 6.99. The number of nitrogens with zero attached hydrogens (tertiary/aromatic N) is 4. The number of nitro groups is 1. The monoisotopic (exact) mass is 341 g/mol. The lowest BCUT2D eigenvalue weighted by Gasteiger charge is -2.03. The van der Waals surface area contributed by atoms with Crippen LogP contribution in [0.1, 0.15) is 23.9 Å². The Morgan fingerprint density at radius 1 is 1.32 bits per heavy atom. The second kappa shape index (κ2) is 6.76. The first-order valence-electron chi connectivity index (χ1n) is 7.95. The molecule has 3 rings (SSSR count). The normalized spacial score (nSPS) is 10.8. The lowest BCUT2D eigenvalue weighted by molar-refractivity contribution is -0.384. The standard InChI is InChI=1S/C17H19N5O3/c1-4-14-15(22(23)24)16(21(3)20-14)18-9-13-10-25-17(19-13)12-7-5-11(2)6-8-12/h5-8,10,18H,4,9H2,1-3H3. The summed E-state index contributed by atoms with van der Waals surface area (Å²) in [7, 11) is 1.68. The fourth-order valence-corrected chi connectivity index (χ4v) is 2.59. The maximum Gasteiger partial charge on any atom is 0.333 e. The van der Waals surface area contributed by atoms with E-state index >= 15 is 0 Å². The highest BCUT2D eigenvalue weighted by atomic mass is 16.6. The third-order valence-corrected chi connectivity index (χ3v) is 3.90. The van der Waals surface area contributed by atoms with Gasteiger partial charge in [-0.05, 0) is 25.5 Å². The lowest BCUT2D eigenvalue weighted by Crippen LogP contribution is -2.06. The maximum atomic E-state index is 11.3. The SMILES string of the molecule is CCc1nn(C)c(NCc2coc(-c3ccc(C)cc3)n2)c1[N+](=O)[O-]. The average molecular weight is 341 g/mol. The fourth-order valence-electron chi connectivity index (χ4n) is 2.59. The van der Waals surface area contributed by atoms with Crippen LogP contribution in [0.5, 0.6) is 0 Å². The minimum absolute atomic E-state index is 0.00672. The van der Waals surface area contributed by atoms with Gasteiger partial charge in [-0.15, -0.1) is 0 Å².